The first kappa shape index (κ1) is 15.5. The molecule has 23 heavy (non-hydrogen) atoms. The number of aromatic nitrogens is 1. The Hall–Kier alpha value is -2.37. The number of nitrogens with one attached hydrogen (secondary N) is 1. The molecule has 0 aliphatic carbocycles. The molecule has 1 N–H and O–H groups in total. The van der Waals surface area contributed by atoms with Crippen molar-refractivity contribution in [1.29, 1.82) is 0 Å². The van der Waals surface area contributed by atoms with Crippen LogP contribution in [0, 0.1) is 5.92 Å². The molecule has 0 atom stereocenters. The van der Waals surface area contributed by atoms with E-state index in [2.05, 4.69) is 29.0 Å². The van der Waals surface area contributed by atoms with E-state index in [4.69, 9.17) is 0 Å². The predicted octanol–water partition coefficient (Wildman–Crippen LogP) is 1.07. The summed E-state index contributed by atoms with van der Waals surface area (Å²) in [5.41, 5.74) is 0.321. The molecule has 1 aliphatic rings. The van der Waals surface area contributed by atoms with Gasteiger partial charge in [0.2, 0.25) is 0 Å². The molecule has 122 valence electrons. The van der Waals surface area contributed by atoms with Gasteiger partial charge in [-0.1, -0.05) is 19.9 Å². The van der Waals surface area contributed by atoms with Crippen LogP contribution in [-0.4, -0.2) is 37.7 Å². The molecule has 3 rings (SSSR count). The summed E-state index contributed by atoms with van der Waals surface area (Å²) in [5.74, 6) is 1.38. The van der Waals surface area contributed by atoms with E-state index in [9.17, 15) is 9.59 Å². The quantitative estimate of drug-likeness (QED) is 0.833. The zero-order valence-electron chi connectivity index (χ0n) is 13.6. The Kier molecular flexibility index (Phi) is 4.32. The van der Waals surface area contributed by atoms with Gasteiger partial charge in [-0.05, 0) is 18.1 Å². The standard InChI is InChI=1S/C17H22N4O2/c1-12(2)11-19-14-15(17(23)16(14)22)21-9-7-20(8-10-21)13-5-3-4-6-18-13/h3-6,12,19H,7-11H2,1-2H3. The van der Waals surface area contributed by atoms with Crippen molar-refractivity contribution < 1.29 is 0 Å². The maximum absolute atomic E-state index is 12.0. The van der Waals surface area contributed by atoms with Crippen LogP contribution in [0.3, 0.4) is 0 Å². The molecule has 1 aromatic carbocycles. The minimum Gasteiger partial charge on any atom is -0.380 e. The summed E-state index contributed by atoms with van der Waals surface area (Å²) in [7, 11) is 0. The van der Waals surface area contributed by atoms with Crippen LogP contribution in [0.5, 0.6) is 0 Å². The molecule has 2 aromatic rings. The number of nitrogens with zero attached hydrogens (tertiary/aromatic N) is 3. The smallest absolute Gasteiger partial charge is 0.253 e. The molecular formula is C17H22N4O2. The minimum absolute atomic E-state index is 0.359. The Balaban J connectivity index is 1.67. The average molecular weight is 314 g/mol. The molecule has 0 bridgehead atoms. The maximum Gasteiger partial charge on any atom is 0.253 e. The van der Waals surface area contributed by atoms with Crippen LogP contribution in [0.25, 0.3) is 0 Å². The lowest BCUT2D eigenvalue weighted by atomic mass is 10.1. The number of piperazine rings is 1. The predicted molar refractivity (Wildman–Crippen MR) is 93.3 cm³/mol. The van der Waals surface area contributed by atoms with E-state index >= 15 is 0 Å². The first-order valence-electron chi connectivity index (χ1n) is 8.06. The topological polar surface area (TPSA) is 65.5 Å². The number of anilines is 3. The molecule has 0 amide bonds. The van der Waals surface area contributed by atoms with E-state index in [0.29, 0.717) is 23.8 Å². The zero-order valence-corrected chi connectivity index (χ0v) is 13.6. The van der Waals surface area contributed by atoms with Gasteiger partial charge in [0, 0.05) is 38.9 Å². The highest BCUT2D eigenvalue weighted by Gasteiger charge is 2.28. The van der Waals surface area contributed by atoms with Crippen molar-refractivity contribution in [3.63, 3.8) is 0 Å². The third-order valence-corrected chi connectivity index (χ3v) is 4.14. The van der Waals surface area contributed by atoms with Gasteiger partial charge in [0.05, 0.1) is 0 Å². The van der Waals surface area contributed by atoms with Crippen LogP contribution < -0.4 is 26.0 Å². The lowest BCUT2D eigenvalue weighted by Crippen LogP contribution is -2.52. The molecule has 0 spiro atoms. The Morgan fingerprint density at radius 3 is 2.39 bits per heavy atom. The summed E-state index contributed by atoms with van der Waals surface area (Å²) >= 11 is 0. The van der Waals surface area contributed by atoms with E-state index in [1.807, 2.05) is 23.1 Å². The SMILES string of the molecule is CC(C)CNc1c(N2CCN(c3ccccn3)CC2)c(=O)c1=O. The molecule has 1 saturated heterocycles. The molecule has 1 fully saturated rings. The molecule has 0 radical (unpaired) electrons. The van der Waals surface area contributed by atoms with Crippen molar-refractivity contribution in [1.82, 2.24) is 4.98 Å². The Labute approximate surface area is 135 Å². The molecule has 0 saturated carbocycles. The second-order valence-corrected chi connectivity index (χ2v) is 6.32. The van der Waals surface area contributed by atoms with Gasteiger partial charge in [-0.25, -0.2) is 4.98 Å². The number of hydrogen-bond acceptors (Lipinski definition) is 6. The molecule has 1 aliphatic heterocycles. The fraction of sp³-hybridized carbons (Fsp3) is 0.471. The summed E-state index contributed by atoms with van der Waals surface area (Å²) in [4.78, 5) is 32.3. The Bertz CT molecular complexity index is 727. The van der Waals surface area contributed by atoms with Gasteiger partial charge in [0.15, 0.2) is 0 Å². The van der Waals surface area contributed by atoms with Crippen molar-refractivity contribution in [3.8, 4) is 0 Å². The summed E-state index contributed by atoms with van der Waals surface area (Å²) < 4.78 is 0. The van der Waals surface area contributed by atoms with Crippen LogP contribution in [0.15, 0.2) is 34.0 Å². The fourth-order valence-corrected chi connectivity index (χ4v) is 2.85. The van der Waals surface area contributed by atoms with Gasteiger partial charge in [-0.2, -0.15) is 0 Å². The Morgan fingerprint density at radius 1 is 1.09 bits per heavy atom. The van der Waals surface area contributed by atoms with E-state index in [-0.39, 0.29) is 10.9 Å². The van der Waals surface area contributed by atoms with Crippen molar-refractivity contribution in [2.75, 3.05) is 47.8 Å². The number of rotatable bonds is 5. The first-order chi connectivity index (χ1) is 11.1. The van der Waals surface area contributed by atoms with E-state index < -0.39 is 0 Å². The highest BCUT2D eigenvalue weighted by atomic mass is 16.2. The number of pyridine rings is 1. The van der Waals surface area contributed by atoms with Crippen LogP contribution in [0.1, 0.15) is 13.8 Å². The van der Waals surface area contributed by atoms with Crippen LogP contribution >= 0.6 is 0 Å². The maximum atomic E-state index is 12.0. The molecule has 2 heterocycles. The molecule has 6 nitrogen and oxygen atoms in total. The second-order valence-electron chi connectivity index (χ2n) is 6.32. The van der Waals surface area contributed by atoms with E-state index in [0.717, 1.165) is 32.0 Å². The van der Waals surface area contributed by atoms with Crippen LogP contribution in [0.4, 0.5) is 17.2 Å². The summed E-state index contributed by atoms with van der Waals surface area (Å²) in [6.07, 6.45) is 1.78. The largest absolute Gasteiger partial charge is 0.380 e. The highest BCUT2D eigenvalue weighted by molar-refractivity contribution is 5.75. The van der Waals surface area contributed by atoms with Crippen molar-refractivity contribution >= 4 is 17.2 Å². The lowest BCUT2D eigenvalue weighted by molar-refractivity contribution is 0.643. The van der Waals surface area contributed by atoms with Crippen molar-refractivity contribution in [2.45, 2.75) is 13.8 Å². The van der Waals surface area contributed by atoms with Gasteiger partial charge >= 0.3 is 0 Å². The van der Waals surface area contributed by atoms with E-state index in [1.165, 1.54) is 0 Å². The molecule has 6 heteroatoms. The molecule has 0 unspecified atom stereocenters. The Morgan fingerprint density at radius 2 is 1.78 bits per heavy atom. The molecule has 1 aromatic heterocycles. The van der Waals surface area contributed by atoms with Gasteiger partial charge in [0.1, 0.15) is 17.2 Å². The van der Waals surface area contributed by atoms with Crippen molar-refractivity contribution in [3.05, 3.63) is 44.8 Å². The van der Waals surface area contributed by atoms with Gasteiger partial charge in [-0.15, -0.1) is 0 Å². The number of hydrogen-bond donors (Lipinski definition) is 1. The van der Waals surface area contributed by atoms with Gasteiger partial charge in [-0.3, -0.25) is 9.59 Å². The monoisotopic (exact) mass is 314 g/mol. The summed E-state index contributed by atoms with van der Waals surface area (Å²) in [6.45, 7) is 7.87. The lowest BCUT2D eigenvalue weighted by Gasteiger charge is -2.37. The normalized spacial score (nSPS) is 15.4. The average Bonchev–Trinajstić information content (AvgIpc) is 2.58. The third kappa shape index (κ3) is 3.06. The van der Waals surface area contributed by atoms with E-state index in [1.54, 1.807) is 6.20 Å². The summed E-state index contributed by atoms with van der Waals surface area (Å²) in [5, 5.41) is 3.13. The minimum atomic E-state index is -0.382. The zero-order chi connectivity index (χ0) is 16.4. The first-order valence-corrected chi connectivity index (χ1v) is 8.06. The third-order valence-electron chi connectivity index (χ3n) is 4.14. The fourth-order valence-electron chi connectivity index (χ4n) is 2.85. The summed E-state index contributed by atoms with van der Waals surface area (Å²) in [6, 6.07) is 5.86. The van der Waals surface area contributed by atoms with Gasteiger partial charge in [0.25, 0.3) is 10.9 Å². The molecular weight excluding hydrogens is 292 g/mol. The second kappa shape index (κ2) is 6.40. The van der Waals surface area contributed by atoms with Gasteiger partial charge < -0.3 is 15.1 Å². The van der Waals surface area contributed by atoms with Crippen molar-refractivity contribution in [2.24, 2.45) is 5.92 Å². The van der Waals surface area contributed by atoms with Crippen LogP contribution in [-0.2, 0) is 0 Å². The highest BCUT2D eigenvalue weighted by Crippen LogP contribution is 2.23. The van der Waals surface area contributed by atoms with Crippen LogP contribution in [0.2, 0.25) is 0 Å².